The average molecular weight is 397 g/mol. The van der Waals surface area contributed by atoms with Crippen LogP contribution >= 0.6 is 11.8 Å². The van der Waals surface area contributed by atoms with E-state index < -0.39 is 0 Å². The van der Waals surface area contributed by atoms with E-state index in [4.69, 9.17) is 0 Å². The first-order valence-corrected chi connectivity index (χ1v) is 11.1. The summed E-state index contributed by atoms with van der Waals surface area (Å²) < 4.78 is 0. The summed E-state index contributed by atoms with van der Waals surface area (Å²) in [6.45, 7) is 5.36. The standard InChI is InChI=1S/C23H28N2O2S/c1-16(2)13-21(26)18-7-6-12-25(15-18)23(27)17-10-11-20(24-14-17)19-8-4-5-9-22(19)28-3/h4-5,8-11,14,16,18H,6-7,12-13,15H2,1-3H3. The van der Waals surface area contributed by atoms with Crippen LogP contribution in [-0.2, 0) is 4.79 Å². The third-order valence-corrected chi connectivity index (χ3v) is 5.96. The molecule has 28 heavy (non-hydrogen) atoms. The molecule has 1 unspecified atom stereocenters. The van der Waals surface area contributed by atoms with E-state index in [0.29, 0.717) is 31.0 Å². The highest BCUT2D eigenvalue weighted by Crippen LogP contribution is 2.29. The van der Waals surface area contributed by atoms with Gasteiger partial charge in [0, 0.05) is 42.1 Å². The number of amides is 1. The van der Waals surface area contributed by atoms with Gasteiger partial charge >= 0.3 is 0 Å². The maximum atomic E-state index is 12.9. The van der Waals surface area contributed by atoms with Crippen LogP contribution in [0.15, 0.2) is 47.5 Å². The Morgan fingerprint density at radius 3 is 2.68 bits per heavy atom. The number of thioether (sulfide) groups is 1. The normalized spacial score (nSPS) is 17.0. The Balaban J connectivity index is 1.71. The van der Waals surface area contributed by atoms with Gasteiger partial charge in [-0.15, -0.1) is 11.8 Å². The highest BCUT2D eigenvalue weighted by atomic mass is 32.2. The van der Waals surface area contributed by atoms with Gasteiger partial charge in [0.05, 0.1) is 11.3 Å². The predicted molar refractivity (Wildman–Crippen MR) is 115 cm³/mol. The number of hydrogen-bond acceptors (Lipinski definition) is 4. The van der Waals surface area contributed by atoms with E-state index in [0.717, 1.165) is 29.0 Å². The largest absolute Gasteiger partial charge is 0.338 e. The van der Waals surface area contributed by atoms with Crippen LogP contribution in [0.1, 0.15) is 43.5 Å². The Bertz CT molecular complexity index is 833. The van der Waals surface area contributed by atoms with E-state index in [2.05, 4.69) is 24.9 Å². The molecule has 148 valence electrons. The second kappa shape index (κ2) is 9.37. The highest BCUT2D eigenvalue weighted by molar-refractivity contribution is 7.98. The molecular formula is C23H28N2O2S. The smallest absolute Gasteiger partial charge is 0.255 e. The van der Waals surface area contributed by atoms with Crippen LogP contribution in [0.3, 0.4) is 0 Å². The van der Waals surface area contributed by atoms with Gasteiger partial charge in [-0.05, 0) is 43.2 Å². The number of benzene rings is 1. The van der Waals surface area contributed by atoms with E-state index in [1.165, 1.54) is 0 Å². The lowest BCUT2D eigenvalue weighted by atomic mass is 9.89. The van der Waals surface area contributed by atoms with Gasteiger partial charge in [0.25, 0.3) is 5.91 Å². The van der Waals surface area contributed by atoms with Crippen LogP contribution in [0.4, 0.5) is 0 Å². The molecule has 1 fully saturated rings. The van der Waals surface area contributed by atoms with Gasteiger partial charge in [-0.25, -0.2) is 0 Å². The third kappa shape index (κ3) is 4.82. The average Bonchev–Trinajstić information content (AvgIpc) is 2.73. The van der Waals surface area contributed by atoms with Crippen molar-refractivity contribution < 1.29 is 9.59 Å². The van der Waals surface area contributed by atoms with Crippen LogP contribution < -0.4 is 0 Å². The molecule has 5 heteroatoms. The second-order valence-electron chi connectivity index (χ2n) is 7.79. The van der Waals surface area contributed by atoms with Crippen molar-refractivity contribution in [3.8, 4) is 11.3 Å². The predicted octanol–water partition coefficient (Wildman–Crippen LogP) is 4.94. The van der Waals surface area contributed by atoms with Crippen LogP contribution in [0.2, 0.25) is 0 Å². The van der Waals surface area contributed by atoms with Crippen molar-refractivity contribution in [1.29, 1.82) is 0 Å². The molecule has 0 spiro atoms. The maximum absolute atomic E-state index is 12.9. The first-order valence-electron chi connectivity index (χ1n) is 9.91. The minimum Gasteiger partial charge on any atom is -0.338 e. The monoisotopic (exact) mass is 396 g/mol. The fourth-order valence-electron chi connectivity index (χ4n) is 3.71. The summed E-state index contributed by atoms with van der Waals surface area (Å²) in [6, 6.07) is 11.9. The zero-order valence-electron chi connectivity index (χ0n) is 16.9. The van der Waals surface area contributed by atoms with E-state index in [-0.39, 0.29) is 17.6 Å². The number of aromatic nitrogens is 1. The Hall–Kier alpha value is -2.14. The molecule has 0 bridgehead atoms. The molecule has 2 heterocycles. The number of likely N-dealkylation sites (tertiary alicyclic amines) is 1. The van der Waals surface area contributed by atoms with Crippen molar-refractivity contribution in [2.75, 3.05) is 19.3 Å². The molecule has 1 aromatic heterocycles. The summed E-state index contributed by atoms with van der Waals surface area (Å²) in [6.07, 6.45) is 6.07. The molecule has 4 nitrogen and oxygen atoms in total. The van der Waals surface area contributed by atoms with Crippen LogP contribution in [0.25, 0.3) is 11.3 Å². The number of piperidine rings is 1. The molecule has 0 N–H and O–H groups in total. The van der Waals surface area contributed by atoms with Crippen LogP contribution in [0, 0.1) is 11.8 Å². The molecule has 2 aromatic rings. The van der Waals surface area contributed by atoms with Crippen molar-refractivity contribution in [3.63, 3.8) is 0 Å². The SMILES string of the molecule is CSc1ccccc1-c1ccc(C(=O)N2CCCC(C(=O)CC(C)C)C2)cn1. The zero-order valence-corrected chi connectivity index (χ0v) is 17.7. The van der Waals surface area contributed by atoms with Crippen molar-refractivity contribution in [2.45, 2.75) is 38.0 Å². The lowest BCUT2D eigenvalue weighted by Crippen LogP contribution is -2.42. The Labute approximate surface area is 171 Å². The molecule has 3 rings (SSSR count). The minimum atomic E-state index is -0.0285. The van der Waals surface area contributed by atoms with E-state index >= 15 is 0 Å². The summed E-state index contributed by atoms with van der Waals surface area (Å²) in [7, 11) is 0. The molecule has 1 aliphatic rings. The lowest BCUT2D eigenvalue weighted by Gasteiger charge is -2.32. The molecule has 1 aromatic carbocycles. The quantitative estimate of drug-likeness (QED) is 0.649. The van der Waals surface area contributed by atoms with Crippen LogP contribution in [-0.4, -0.2) is 40.9 Å². The van der Waals surface area contributed by atoms with Crippen LogP contribution in [0.5, 0.6) is 0 Å². The topological polar surface area (TPSA) is 50.3 Å². The number of rotatable bonds is 6. The number of nitrogens with zero attached hydrogens (tertiary/aromatic N) is 2. The van der Waals surface area contributed by atoms with Gasteiger partial charge in [-0.1, -0.05) is 32.0 Å². The van der Waals surface area contributed by atoms with Gasteiger partial charge in [-0.2, -0.15) is 0 Å². The molecule has 1 atom stereocenters. The van der Waals surface area contributed by atoms with Crippen molar-refractivity contribution >= 4 is 23.5 Å². The molecule has 0 aliphatic carbocycles. The Morgan fingerprint density at radius 2 is 2.00 bits per heavy atom. The number of pyridine rings is 1. The van der Waals surface area contributed by atoms with E-state index in [9.17, 15) is 9.59 Å². The maximum Gasteiger partial charge on any atom is 0.255 e. The highest BCUT2D eigenvalue weighted by Gasteiger charge is 2.29. The summed E-state index contributed by atoms with van der Waals surface area (Å²) >= 11 is 1.68. The molecule has 1 aliphatic heterocycles. The van der Waals surface area contributed by atoms with Gasteiger partial charge in [-0.3, -0.25) is 14.6 Å². The van der Waals surface area contributed by atoms with Gasteiger partial charge in [0.2, 0.25) is 0 Å². The Morgan fingerprint density at radius 1 is 1.21 bits per heavy atom. The summed E-state index contributed by atoms with van der Waals surface area (Å²) in [5.41, 5.74) is 2.53. The number of carbonyl (C=O) groups excluding carboxylic acids is 2. The number of hydrogen-bond donors (Lipinski definition) is 0. The molecule has 0 radical (unpaired) electrons. The summed E-state index contributed by atoms with van der Waals surface area (Å²) in [5.74, 6) is 0.592. The number of carbonyl (C=O) groups is 2. The van der Waals surface area contributed by atoms with Gasteiger partial charge in [0.15, 0.2) is 0 Å². The van der Waals surface area contributed by atoms with Crippen molar-refractivity contribution in [2.24, 2.45) is 11.8 Å². The van der Waals surface area contributed by atoms with Crippen molar-refractivity contribution in [1.82, 2.24) is 9.88 Å². The molecular weight excluding hydrogens is 368 g/mol. The fourth-order valence-corrected chi connectivity index (χ4v) is 4.32. The van der Waals surface area contributed by atoms with Crippen molar-refractivity contribution in [3.05, 3.63) is 48.2 Å². The van der Waals surface area contributed by atoms with Gasteiger partial charge < -0.3 is 4.90 Å². The summed E-state index contributed by atoms with van der Waals surface area (Å²) in [5, 5.41) is 0. The number of Topliss-reactive ketones (excluding diaryl/α,β-unsaturated/α-hetero) is 1. The van der Waals surface area contributed by atoms with E-state index in [1.54, 1.807) is 18.0 Å². The molecule has 1 amide bonds. The third-order valence-electron chi connectivity index (χ3n) is 5.17. The second-order valence-corrected chi connectivity index (χ2v) is 8.64. The first kappa shape index (κ1) is 20.6. The minimum absolute atomic E-state index is 0.0270. The molecule has 1 saturated heterocycles. The molecule has 0 saturated carbocycles. The Kier molecular flexibility index (Phi) is 6.89. The zero-order chi connectivity index (χ0) is 20.1. The summed E-state index contributed by atoms with van der Waals surface area (Å²) in [4.78, 5) is 32.9. The lowest BCUT2D eigenvalue weighted by molar-refractivity contribution is -0.124. The van der Waals surface area contributed by atoms with E-state index in [1.807, 2.05) is 41.5 Å². The number of ketones is 1. The fraction of sp³-hybridized carbons (Fsp3) is 0.435. The first-order chi connectivity index (χ1) is 13.5. The van der Waals surface area contributed by atoms with Gasteiger partial charge in [0.1, 0.15) is 5.78 Å².